The Bertz CT molecular complexity index is 4270. The number of benzene rings is 9. The summed E-state index contributed by atoms with van der Waals surface area (Å²) in [6.07, 6.45) is 6.25. The van der Waals surface area contributed by atoms with Crippen LogP contribution in [-0.4, -0.2) is 10.2 Å². The number of nitrogens with zero attached hydrogens (tertiary/aromatic N) is 1. The van der Waals surface area contributed by atoms with E-state index in [-0.39, 0.29) is 28.1 Å². The number of Topliss-reactive ketones (excluding diaryl/α,β-unsaturated/α-hetero) is 1. The van der Waals surface area contributed by atoms with E-state index in [9.17, 15) is 0 Å². The Kier molecular flexibility index (Phi) is 7.40. The molecule has 9 aromatic carbocycles. The first-order valence-electron chi connectivity index (χ1n) is 26.7. The number of rotatable bonds is 2. The maximum atomic E-state index is 15.2. The van der Waals surface area contributed by atoms with Gasteiger partial charge in [-0.05, 0) is 162 Å². The molecule has 7 aliphatic carbocycles. The van der Waals surface area contributed by atoms with Gasteiger partial charge in [0.1, 0.15) is 0 Å². The number of aromatic nitrogens is 1. The van der Waals surface area contributed by atoms with E-state index < -0.39 is 0 Å². The second-order valence-electron chi connectivity index (χ2n) is 23.7. The topological polar surface area (TPSA) is 21.5 Å². The molecule has 1 saturated carbocycles. The van der Waals surface area contributed by atoms with Gasteiger partial charge in [-0.3, -0.25) is 4.79 Å². The minimum Gasteiger partial charge on any atom is -0.308 e. The Hall–Kier alpha value is -7.55. The number of hydrogen-bond donors (Lipinski definition) is 0. The SMILES string of the molecule is CC1(C)c2ccccc2-c2cccc(-c3cc(-c4cccc5c4C(C)(C)c4ccccc4-5)c4c5cc6c(cc5n5c7cc8c(cc7c3c45)CCC3(CCCC3)C8=O)C3c4ccccc4C6c4ccccc43)c21. The highest BCUT2D eigenvalue weighted by Crippen LogP contribution is 2.61. The first-order chi connectivity index (χ1) is 35.1. The molecule has 0 aliphatic heterocycles. The Labute approximate surface area is 420 Å². The summed E-state index contributed by atoms with van der Waals surface area (Å²) in [5, 5.41) is 5.18. The Morgan fingerprint density at radius 1 is 0.417 bits per heavy atom. The third-order valence-electron chi connectivity index (χ3n) is 19.7. The maximum Gasteiger partial charge on any atom is 0.169 e. The van der Waals surface area contributed by atoms with E-state index in [1.165, 1.54) is 138 Å². The van der Waals surface area contributed by atoms with Crippen LogP contribution in [0.2, 0.25) is 0 Å². The van der Waals surface area contributed by atoms with E-state index in [4.69, 9.17) is 0 Å². The number of carbonyl (C=O) groups excluding carboxylic acids is 1. The molecule has 2 nitrogen and oxygen atoms in total. The number of carbonyl (C=O) groups is 1. The van der Waals surface area contributed by atoms with Gasteiger partial charge in [-0.2, -0.15) is 0 Å². The predicted molar refractivity (Wildman–Crippen MR) is 295 cm³/mol. The molecule has 0 N–H and O–H groups in total. The fraction of sp³-hybridized carbons (Fsp3) is 0.214. The fourth-order valence-corrected chi connectivity index (χ4v) is 16.7. The highest BCUT2D eigenvalue weighted by Gasteiger charge is 2.47. The van der Waals surface area contributed by atoms with E-state index in [1.807, 2.05) is 0 Å². The zero-order chi connectivity index (χ0) is 47.7. The van der Waals surface area contributed by atoms with Crippen molar-refractivity contribution in [2.75, 3.05) is 0 Å². The second-order valence-corrected chi connectivity index (χ2v) is 23.7. The van der Waals surface area contributed by atoms with Crippen LogP contribution < -0.4 is 0 Å². The Morgan fingerprint density at radius 2 is 0.861 bits per heavy atom. The lowest BCUT2D eigenvalue weighted by molar-refractivity contribution is 0.0766. The van der Waals surface area contributed by atoms with Crippen LogP contribution in [0.15, 0.2) is 164 Å². The summed E-state index contributed by atoms with van der Waals surface area (Å²) in [5.41, 5.74) is 29.8. The zero-order valence-corrected chi connectivity index (χ0v) is 41.3. The molecule has 0 radical (unpaired) electrons. The van der Waals surface area contributed by atoms with Gasteiger partial charge in [0.15, 0.2) is 5.78 Å². The Balaban J connectivity index is 1.07. The van der Waals surface area contributed by atoms with Crippen molar-refractivity contribution in [2.24, 2.45) is 5.41 Å². The average Bonchev–Trinajstić information content (AvgIpc) is 4.21. The van der Waals surface area contributed by atoms with Crippen molar-refractivity contribution < 1.29 is 4.79 Å². The lowest BCUT2D eigenvalue weighted by Crippen LogP contribution is -2.33. The molecule has 0 unspecified atom stereocenters. The molecular formula is C70H53NO. The summed E-state index contributed by atoms with van der Waals surface area (Å²) in [4.78, 5) is 15.2. The van der Waals surface area contributed by atoms with E-state index in [0.717, 1.165) is 49.6 Å². The molecular weight excluding hydrogens is 871 g/mol. The summed E-state index contributed by atoms with van der Waals surface area (Å²) in [7, 11) is 0. The van der Waals surface area contributed by atoms with Gasteiger partial charge in [0, 0.05) is 55.2 Å². The van der Waals surface area contributed by atoms with Crippen LogP contribution in [0, 0.1) is 5.41 Å². The standard InChI is InChI=1S/C70H53NO/c1-68(2)56-27-11-9-17-39(56)45-23-15-25-47(64(45)68)50-34-51(48-26-16-24-46-40-18-10-12-28-57(40)69(3,4)65(46)48)63-55-35-52-53(61-43-21-7-5-19-41(43)60(52)42-20-6-8-22-44(42)61)37-59(55)71-58-36-49-38(33-54(58)62(50)66(63)71)29-32-70(67(49)72)30-13-14-31-70/h5-12,15-28,33-37,60-61H,13-14,29-32H2,1-4H3. The third kappa shape index (κ3) is 4.64. The number of fused-ring (bicyclic) bond motifs is 13. The lowest BCUT2D eigenvalue weighted by Gasteiger charge is -2.42. The van der Waals surface area contributed by atoms with Crippen molar-refractivity contribution in [1.82, 2.24) is 4.40 Å². The van der Waals surface area contributed by atoms with Crippen LogP contribution in [0.1, 0.15) is 143 Å². The van der Waals surface area contributed by atoms with Crippen LogP contribution in [0.25, 0.3) is 82.6 Å². The first kappa shape index (κ1) is 40.1. The maximum absolute atomic E-state index is 15.2. The van der Waals surface area contributed by atoms with Crippen molar-refractivity contribution in [3.8, 4) is 44.5 Å². The first-order valence-corrected chi connectivity index (χ1v) is 26.7. The van der Waals surface area contributed by atoms with Gasteiger partial charge >= 0.3 is 0 Å². The summed E-state index contributed by atoms with van der Waals surface area (Å²) >= 11 is 0. The molecule has 2 heteroatoms. The van der Waals surface area contributed by atoms with Gasteiger partial charge in [-0.15, -0.1) is 0 Å². The summed E-state index contributed by atoms with van der Waals surface area (Å²) < 4.78 is 2.65. The molecule has 0 amide bonds. The van der Waals surface area contributed by atoms with Crippen molar-refractivity contribution in [2.45, 2.75) is 88.9 Å². The predicted octanol–water partition coefficient (Wildman–Crippen LogP) is 17.5. The van der Waals surface area contributed by atoms with Gasteiger partial charge in [0.05, 0.1) is 16.6 Å². The van der Waals surface area contributed by atoms with Gasteiger partial charge in [0.25, 0.3) is 0 Å². The molecule has 11 aromatic rings. The molecule has 2 aromatic heterocycles. The van der Waals surface area contributed by atoms with Crippen LogP contribution in [0.5, 0.6) is 0 Å². The molecule has 18 rings (SSSR count). The third-order valence-corrected chi connectivity index (χ3v) is 19.7. The molecule has 0 saturated heterocycles. The summed E-state index contributed by atoms with van der Waals surface area (Å²) in [6.45, 7) is 9.75. The molecule has 1 fully saturated rings. The lowest BCUT2D eigenvalue weighted by atomic mass is 9.61. The van der Waals surface area contributed by atoms with Gasteiger partial charge < -0.3 is 4.40 Å². The van der Waals surface area contributed by atoms with Gasteiger partial charge in [-0.1, -0.05) is 174 Å². The number of ketones is 1. The van der Waals surface area contributed by atoms with Crippen molar-refractivity contribution in [3.05, 3.63) is 231 Å². The van der Waals surface area contributed by atoms with E-state index in [2.05, 4.69) is 196 Å². The number of aryl methyl sites for hydroxylation is 1. The monoisotopic (exact) mass is 923 g/mol. The van der Waals surface area contributed by atoms with E-state index in [1.54, 1.807) is 0 Å². The minimum atomic E-state index is -0.228. The normalized spacial score (nSPS) is 19.7. The van der Waals surface area contributed by atoms with E-state index >= 15 is 4.79 Å². The van der Waals surface area contributed by atoms with Crippen molar-refractivity contribution >= 4 is 43.9 Å². The molecule has 72 heavy (non-hydrogen) atoms. The van der Waals surface area contributed by atoms with Crippen LogP contribution in [0.4, 0.5) is 0 Å². The van der Waals surface area contributed by atoms with Crippen molar-refractivity contribution in [3.63, 3.8) is 0 Å². The quantitative estimate of drug-likeness (QED) is 0.169. The molecule has 2 bridgehead atoms. The summed E-state index contributed by atoms with van der Waals surface area (Å²) in [5.74, 6) is 0.677. The Morgan fingerprint density at radius 3 is 1.40 bits per heavy atom. The highest BCUT2D eigenvalue weighted by atomic mass is 16.1. The highest BCUT2D eigenvalue weighted by molar-refractivity contribution is 6.31. The average molecular weight is 924 g/mol. The molecule has 1 spiro atoms. The number of hydrogen-bond acceptors (Lipinski definition) is 1. The summed E-state index contributed by atoms with van der Waals surface area (Å²) in [6, 6.07) is 63.6. The minimum absolute atomic E-state index is 0.141. The largest absolute Gasteiger partial charge is 0.308 e. The van der Waals surface area contributed by atoms with Crippen LogP contribution in [0.3, 0.4) is 0 Å². The van der Waals surface area contributed by atoms with Crippen molar-refractivity contribution in [1.29, 1.82) is 0 Å². The van der Waals surface area contributed by atoms with E-state index in [0.29, 0.717) is 5.78 Å². The van der Waals surface area contributed by atoms with Gasteiger partial charge in [0.2, 0.25) is 0 Å². The molecule has 7 aliphatic rings. The fourth-order valence-electron chi connectivity index (χ4n) is 16.7. The molecule has 0 atom stereocenters. The smallest absolute Gasteiger partial charge is 0.169 e. The second kappa shape index (κ2) is 13.3. The molecule has 344 valence electrons. The van der Waals surface area contributed by atoms with Gasteiger partial charge in [-0.25, -0.2) is 0 Å². The molecule has 2 heterocycles. The van der Waals surface area contributed by atoms with Crippen LogP contribution in [-0.2, 0) is 17.3 Å². The zero-order valence-electron chi connectivity index (χ0n) is 41.3. The van der Waals surface area contributed by atoms with Crippen LogP contribution >= 0.6 is 0 Å².